The number of carbonyl (C=O) groups is 2. The minimum Gasteiger partial charge on any atom is -0.385 e. The van der Waals surface area contributed by atoms with Gasteiger partial charge in [0.05, 0.1) is 5.60 Å². The molecule has 0 heterocycles. The molecule has 1 aliphatic carbocycles. The highest BCUT2D eigenvalue weighted by Gasteiger charge is 2.35. The molecule has 0 aromatic heterocycles. The minimum atomic E-state index is -1.37. The number of aliphatic hydroxyl groups is 2. The maximum Gasteiger partial charge on any atom is 0.183 e. The second-order valence-electron chi connectivity index (χ2n) is 7.90. The van der Waals surface area contributed by atoms with Gasteiger partial charge in [-0.3, -0.25) is 9.59 Å². The molecule has 27 heavy (non-hydrogen) atoms. The van der Waals surface area contributed by atoms with Crippen LogP contribution in [0.5, 0.6) is 0 Å². The summed E-state index contributed by atoms with van der Waals surface area (Å²) in [6.07, 6.45) is 19.3. The fraction of sp³-hybridized carbons (Fsp3) is 0.739. The van der Waals surface area contributed by atoms with Gasteiger partial charge in [-0.25, -0.2) is 0 Å². The Balaban J connectivity index is 1.99. The van der Waals surface area contributed by atoms with Crippen LogP contribution < -0.4 is 0 Å². The molecule has 0 saturated carbocycles. The number of aliphatic hydroxyl groups excluding tert-OH is 1. The highest BCUT2D eigenvalue weighted by molar-refractivity contribution is 5.95. The van der Waals surface area contributed by atoms with E-state index in [-0.39, 0.29) is 18.6 Å². The largest absolute Gasteiger partial charge is 0.385 e. The van der Waals surface area contributed by atoms with Crippen molar-refractivity contribution in [3.8, 4) is 0 Å². The van der Waals surface area contributed by atoms with E-state index in [9.17, 15) is 19.8 Å². The topological polar surface area (TPSA) is 74.6 Å². The summed E-state index contributed by atoms with van der Waals surface area (Å²) in [5.41, 5.74) is -1.37. The van der Waals surface area contributed by atoms with Gasteiger partial charge in [0.25, 0.3) is 0 Å². The van der Waals surface area contributed by atoms with Crippen LogP contribution in [0.4, 0.5) is 0 Å². The van der Waals surface area contributed by atoms with Gasteiger partial charge in [-0.15, -0.1) is 0 Å². The lowest BCUT2D eigenvalue weighted by Crippen LogP contribution is -2.40. The lowest BCUT2D eigenvalue weighted by atomic mass is 9.84. The highest BCUT2D eigenvalue weighted by atomic mass is 16.3. The van der Waals surface area contributed by atoms with E-state index in [4.69, 9.17) is 0 Å². The van der Waals surface area contributed by atoms with Crippen LogP contribution in [0.2, 0.25) is 0 Å². The minimum absolute atomic E-state index is 0.00490. The van der Waals surface area contributed by atoms with E-state index in [0.717, 1.165) is 25.7 Å². The van der Waals surface area contributed by atoms with Crippen LogP contribution in [0.25, 0.3) is 0 Å². The first-order chi connectivity index (χ1) is 13.0. The second-order valence-corrected chi connectivity index (χ2v) is 7.90. The molecule has 0 bridgehead atoms. The summed E-state index contributed by atoms with van der Waals surface area (Å²) < 4.78 is 0. The number of allylic oxidation sites excluding steroid dienone is 2. The lowest BCUT2D eigenvalue weighted by molar-refractivity contribution is -0.130. The van der Waals surface area contributed by atoms with Gasteiger partial charge in [0.1, 0.15) is 11.9 Å². The molecule has 1 aliphatic rings. The van der Waals surface area contributed by atoms with E-state index < -0.39 is 17.5 Å². The van der Waals surface area contributed by atoms with Crippen molar-refractivity contribution in [2.75, 3.05) is 0 Å². The molecule has 0 spiro atoms. The Hall–Kier alpha value is -1.26. The second kappa shape index (κ2) is 13.8. The third-order valence-electron chi connectivity index (χ3n) is 5.15. The van der Waals surface area contributed by atoms with E-state index in [1.165, 1.54) is 57.1 Å². The summed E-state index contributed by atoms with van der Waals surface area (Å²) in [7, 11) is 0. The lowest BCUT2D eigenvalue weighted by Gasteiger charge is -2.28. The van der Waals surface area contributed by atoms with E-state index in [2.05, 4.69) is 19.1 Å². The van der Waals surface area contributed by atoms with Crippen molar-refractivity contribution < 1.29 is 19.8 Å². The average Bonchev–Trinajstić information content (AvgIpc) is 2.62. The van der Waals surface area contributed by atoms with Crippen molar-refractivity contribution >= 4 is 11.6 Å². The molecule has 4 heteroatoms. The number of ketones is 2. The van der Waals surface area contributed by atoms with E-state index in [1.54, 1.807) is 0 Å². The first-order valence-electron chi connectivity index (χ1n) is 10.8. The molecular weight excluding hydrogens is 340 g/mol. The van der Waals surface area contributed by atoms with Gasteiger partial charge < -0.3 is 10.2 Å². The van der Waals surface area contributed by atoms with Gasteiger partial charge in [-0.2, -0.15) is 0 Å². The molecule has 0 unspecified atom stereocenters. The molecule has 0 aliphatic heterocycles. The predicted molar refractivity (Wildman–Crippen MR) is 110 cm³/mol. The average molecular weight is 379 g/mol. The molecule has 4 nitrogen and oxygen atoms in total. The molecule has 0 fully saturated rings. The smallest absolute Gasteiger partial charge is 0.183 e. The van der Waals surface area contributed by atoms with Crippen LogP contribution >= 0.6 is 0 Å². The Labute approximate surface area is 164 Å². The molecule has 154 valence electrons. The van der Waals surface area contributed by atoms with Crippen molar-refractivity contribution in [3.63, 3.8) is 0 Å². The van der Waals surface area contributed by atoms with Crippen LogP contribution in [0.15, 0.2) is 24.3 Å². The Morgan fingerprint density at radius 3 is 2.30 bits per heavy atom. The summed E-state index contributed by atoms with van der Waals surface area (Å²) in [5.74, 6) is -0.409. The van der Waals surface area contributed by atoms with Crippen molar-refractivity contribution in [2.45, 2.75) is 109 Å². The van der Waals surface area contributed by atoms with Crippen molar-refractivity contribution in [2.24, 2.45) is 0 Å². The van der Waals surface area contributed by atoms with Crippen LogP contribution in [0.3, 0.4) is 0 Å². The van der Waals surface area contributed by atoms with Crippen molar-refractivity contribution in [1.29, 1.82) is 0 Å². The van der Waals surface area contributed by atoms with E-state index >= 15 is 0 Å². The molecule has 0 radical (unpaired) electrons. The maximum atomic E-state index is 12.0. The zero-order valence-corrected chi connectivity index (χ0v) is 17.0. The molecule has 0 amide bonds. The molecule has 0 aromatic carbocycles. The monoisotopic (exact) mass is 378 g/mol. The number of hydrogen-bond acceptors (Lipinski definition) is 4. The van der Waals surface area contributed by atoms with Gasteiger partial charge in [0.15, 0.2) is 5.78 Å². The summed E-state index contributed by atoms with van der Waals surface area (Å²) in [5, 5.41) is 19.9. The summed E-state index contributed by atoms with van der Waals surface area (Å²) in [6, 6.07) is 0. The van der Waals surface area contributed by atoms with Gasteiger partial charge in [0, 0.05) is 19.3 Å². The van der Waals surface area contributed by atoms with E-state index in [1.807, 2.05) is 0 Å². The summed E-state index contributed by atoms with van der Waals surface area (Å²) in [6.45, 7) is 2.23. The molecule has 0 saturated heterocycles. The Kier molecular flexibility index (Phi) is 12.2. The molecule has 2 N–H and O–H groups in total. The SMILES string of the molecule is CCCCCC/C=C\CCCCCCCC(=O)C[C@@]1(O)C=CC(=O)[C@@H](O)C1. The van der Waals surface area contributed by atoms with Crippen molar-refractivity contribution in [3.05, 3.63) is 24.3 Å². The molecular formula is C23H38O4. The summed E-state index contributed by atoms with van der Waals surface area (Å²) in [4.78, 5) is 23.3. The predicted octanol–water partition coefficient (Wildman–Crippen LogP) is 4.82. The zero-order chi connectivity index (χ0) is 20.0. The molecule has 0 aromatic rings. The maximum absolute atomic E-state index is 12.0. The Morgan fingerprint density at radius 2 is 1.67 bits per heavy atom. The van der Waals surface area contributed by atoms with Crippen LogP contribution in [-0.2, 0) is 9.59 Å². The third kappa shape index (κ3) is 11.2. The first-order valence-corrected chi connectivity index (χ1v) is 10.8. The number of Topliss-reactive ketones (excluding diaryl/α,β-unsaturated/α-hetero) is 1. The van der Waals surface area contributed by atoms with Crippen LogP contribution in [0.1, 0.15) is 96.8 Å². The number of rotatable bonds is 15. The summed E-state index contributed by atoms with van der Waals surface area (Å²) >= 11 is 0. The van der Waals surface area contributed by atoms with Gasteiger partial charge in [0.2, 0.25) is 0 Å². The molecule has 2 atom stereocenters. The van der Waals surface area contributed by atoms with Crippen molar-refractivity contribution in [1.82, 2.24) is 0 Å². The Bertz CT molecular complexity index is 495. The Morgan fingerprint density at radius 1 is 1.07 bits per heavy atom. The number of unbranched alkanes of at least 4 members (excludes halogenated alkanes) is 9. The quantitative estimate of drug-likeness (QED) is 0.316. The van der Waals surface area contributed by atoms with Gasteiger partial charge in [-0.05, 0) is 44.3 Å². The molecule has 1 rings (SSSR count). The number of carbonyl (C=O) groups excluding carboxylic acids is 2. The van der Waals surface area contributed by atoms with Crippen LogP contribution in [0, 0.1) is 0 Å². The van der Waals surface area contributed by atoms with Gasteiger partial charge in [-0.1, -0.05) is 57.6 Å². The third-order valence-corrected chi connectivity index (χ3v) is 5.15. The van der Waals surface area contributed by atoms with E-state index in [0.29, 0.717) is 6.42 Å². The standard InChI is InChI=1S/C23H38O4/c1-2-3-4-5-6-7-8-9-10-11-12-13-14-15-20(24)18-23(27)17-16-21(25)22(26)19-23/h7-8,16-17,22,26-27H,2-6,9-15,18-19H2,1H3/b8-7-/t22-,23-/m0/s1. The first kappa shape index (κ1) is 23.8. The number of hydrogen-bond donors (Lipinski definition) is 2. The fourth-order valence-electron chi connectivity index (χ4n) is 3.45. The van der Waals surface area contributed by atoms with Gasteiger partial charge >= 0.3 is 0 Å². The fourth-order valence-corrected chi connectivity index (χ4v) is 3.45. The van der Waals surface area contributed by atoms with Crippen LogP contribution in [-0.4, -0.2) is 33.5 Å². The normalized spacial score (nSPS) is 22.6. The highest BCUT2D eigenvalue weighted by Crippen LogP contribution is 2.25. The zero-order valence-electron chi connectivity index (χ0n) is 17.0.